The quantitative estimate of drug-likeness (QED) is 0.770. The van der Waals surface area contributed by atoms with E-state index in [-0.39, 0.29) is 12.1 Å². The van der Waals surface area contributed by atoms with E-state index >= 15 is 0 Å². The zero-order valence-corrected chi connectivity index (χ0v) is 18.1. The summed E-state index contributed by atoms with van der Waals surface area (Å²) in [6, 6.07) is 2.40. The second kappa shape index (κ2) is 8.57. The van der Waals surface area contributed by atoms with Gasteiger partial charge in [0.05, 0.1) is 5.52 Å². The molecule has 0 bridgehead atoms. The monoisotopic (exact) mass is 421 g/mol. The van der Waals surface area contributed by atoms with Crippen LogP contribution in [0.3, 0.4) is 0 Å². The van der Waals surface area contributed by atoms with Crippen LogP contribution in [0.15, 0.2) is 12.1 Å². The normalized spacial score (nSPS) is 19.4. The number of halogens is 2. The number of rotatable bonds is 4. The van der Waals surface area contributed by atoms with Crippen LogP contribution in [0.5, 0.6) is 0 Å². The van der Waals surface area contributed by atoms with Crippen LogP contribution in [0.25, 0.3) is 10.9 Å². The van der Waals surface area contributed by atoms with Crippen molar-refractivity contribution in [3.63, 3.8) is 0 Å². The minimum absolute atomic E-state index is 0.0600. The van der Waals surface area contributed by atoms with Gasteiger partial charge >= 0.3 is 6.09 Å². The van der Waals surface area contributed by atoms with Gasteiger partial charge in [-0.25, -0.2) is 18.6 Å². The molecule has 1 aromatic carbocycles. The van der Waals surface area contributed by atoms with E-state index in [0.29, 0.717) is 22.7 Å². The molecule has 30 heavy (non-hydrogen) atoms. The molecule has 0 spiro atoms. The van der Waals surface area contributed by atoms with Crippen LogP contribution in [-0.4, -0.2) is 47.8 Å². The van der Waals surface area contributed by atoms with Crippen LogP contribution in [0.4, 0.5) is 25.3 Å². The number of ether oxygens (including phenoxy) is 1. The van der Waals surface area contributed by atoms with Crippen molar-refractivity contribution >= 4 is 28.8 Å². The highest BCUT2D eigenvalue weighted by atomic mass is 19.2. The van der Waals surface area contributed by atoms with Crippen molar-refractivity contribution in [2.75, 3.05) is 24.3 Å². The topological polar surface area (TPSA) is 79.4 Å². The van der Waals surface area contributed by atoms with E-state index in [1.54, 1.807) is 19.0 Å². The molecule has 2 N–H and O–H groups in total. The fourth-order valence-corrected chi connectivity index (χ4v) is 3.55. The van der Waals surface area contributed by atoms with E-state index in [0.717, 1.165) is 37.8 Å². The summed E-state index contributed by atoms with van der Waals surface area (Å²) in [5.74, 6) is -0.973. The molecule has 1 aromatic heterocycles. The SMILES string of the molecule is CN(C)c1nc(NC2CCC(NC(=O)OC(C)(C)C)CC2)nc2cc(F)c(F)cc12. The largest absolute Gasteiger partial charge is 0.444 e. The number of alkyl carbamates (subject to hydrolysis) is 1. The third-order valence-corrected chi connectivity index (χ3v) is 4.92. The van der Waals surface area contributed by atoms with Crippen molar-refractivity contribution in [3.05, 3.63) is 23.8 Å². The Morgan fingerprint density at radius 3 is 2.27 bits per heavy atom. The number of benzene rings is 1. The molecule has 9 heteroatoms. The number of aromatic nitrogens is 2. The zero-order valence-electron chi connectivity index (χ0n) is 18.1. The van der Waals surface area contributed by atoms with Gasteiger partial charge in [-0.2, -0.15) is 4.98 Å². The molecule has 0 radical (unpaired) electrons. The van der Waals surface area contributed by atoms with Crippen LogP contribution in [0.1, 0.15) is 46.5 Å². The maximum atomic E-state index is 13.7. The van der Waals surface area contributed by atoms with Crippen molar-refractivity contribution in [2.24, 2.45) is 0 Å². The van der Waals surface area contributed by atoms with Crippen LogP contribution in [0.2, 0.25) is 0 Å². The molecule has 1 amide bonds. The van der Waals surface area contributed by atoms with Gasteiger partial charge < -0.3 is 20.3 Å². The lowest BCUT2D eigenvalue weighted by Crippen LogP contribution is -2.42. The average molecular weight is 421 g/mol. The molecule has 0 unspecified atom stereocenters. The van der Waals surface area contributed by atoms with E-state index in [1.807, 2.05) is 20.8 Å². The highest BCUT2D eigenvalue weighted by Crippen LogP contribution is 2.28. The molecule has 1 saturated carbocycles. The molecule has 0 saturated heterocycles. The minimum atomic E-state index is -0.939. The van der Waals surface area contributed by atoms with Gasteiger partial charge in [0.25, 0.3) is 0 Å². The van der Waals surface area contributed by atoms with Gasteiger partial charge in [0.1, 0.15) is 11.4 Å². The molecule has 1 aliphatic rings. The summed E-state index contributed by atoms with van der Waals surface area (Å²) >= 11 is 0. The molecule has 3 rings (SSSR count). The summed E-state index contributed by atoms with van der Waals surface area (Å²) in [4.78, 5) is 22.6. The highest BCUT2D eigenvalue weighted by molar-refractivity contribution is 5.90. The maximum Gasteiger partial charge on any atom is 0.407 e. The smallest absolute Gasteiger partial charge is 0.407 e. The second-order valence-corrected chi connectivity index (χ2v) is 8.89. The van der Waals surface area contributed by atoms with Gasteiger partial charge in [0.2, 0.25) is 5.95 Å². The third kappa shape index (κ3) is 5.46. The average Bonchev–Trinajstić information content (AvgIpc) is 2.62. The molecular formula is C21H29F2N5O2. The fourth-order valence-electron chi connectivity index (χ4n) is 3.55. The molecule has 1 fully saturated rings. The number of amides is 1. The van der Waals surface area contributed by atoms with Crippen LogP contribution in [-0.2, 0) is 4.74 Å². The summed E-state index contributed by atoms with van der Waals surface area (Å²) in [5.41, 5.74) is -0.182. The first-order chi connectivity index (χ1) is 14.0. The van der Waals surface area contributed by atoms with Gasteiger partial charge in [-0.1, -0.05) is 0 Å². The molecule has 0 aliphatic heterocycles. The number of anilines is 2. The summed E-state index contributed by atoms with van der Waals surface area (Å²) in [7, 11) is 3.58. The summed E-state index contributed by atoms with van der Waals surface area (Å²) in [5, 5.41) is 6.67. The van der Waals surface area contributed by atoms with E-state index in [4.69, 9.17) is 4.74 Å². The number of hydrogen-bond acceptors (Lipinski definition) is 6. The van der Waals surface area contributed by atoms with Crippen LogP contribution in [0, 0.1) is 11.6 Å². The zero-order chi connectivity index (χ0) is 22.1. The lowest BCUT2D eigenvalue weighted by molar-refractivity contribution is 0.0492. The molecule has 2 aromatic rings. The van der Waals surface area contributed by atoms with Crippen molar-refractivity contribution in [1.29, 1.82) is 0 Å². The van der Waals surface area contributed by atoms with E-state index in [9.17, 15) is 13.6 Å². The summed E-state index contributed by atoms with van der Waals surface area (Å²) in [6.07, 6.45) is 2.82. The van der Waals surface area contributed by atoms with E-state index < -0.39 is 23.3 Å². The second-order valence-electron chi connectivity index (χ2n) is 8.89. The first kappa shape index (κ1) is 22.0. The number of nitrogens with one attached hydrogen (secondary N) is 2. The molecule has 1 heterocycles. The number of carbonyl (C=O) groups excluding carboxylic acids is 1. The molecule has 7 nitrogen and oxygen atoms in total. The van der Waals surface area contributed by atoms with Gasteiger partial charge in [-0.15, -0.1) is 0 Å². The Morgan fingerprint density at radius 1 is 1.07 bits per heavy atom. The molecular weight excluding hydrogens is 392 g/mol. The number of nitrogens with zero attached hydrogens (tertiary/aromatic N) is 3. The van der Waals surface area contributed by atoms with E-state index in [1.165, 1.54) is 0 Å². The predicted molar refractivity (Wildman–Crippen MR) is 113 cm³/mol. The fraction of sp³-hybridized carbons (Fsp3) is 0.571. The first-order valence-electron chi connectivity index (χ1n) is 10.1. The Balaban J connectivity index is 1.66. The molecule has 164 valence electrons. The lowest BCUT2D eigenvalue weighted by Gasteiger charge is -2.30. The van der Waals surface area contributed by atoms with Crippen molar-refractivity contribution in [3.8, 4) is 0 Å². The van der Waals surface area contributed by atoms with Gasteiger partial charge in [-0.05, 0) is 52.5 Å². The van der Waals surface area contributed by atoms with Gasteiger partial charge in [0, 0.05) is 37.6 Å². The third-order valence-electron chi connectivity index (χ3n) is 4.92. The van der Waals surface area contributed by atoms with Crippen molar-refractivity contribution in [1.82, 2.24) is 15.3 Å². The Labute approximate surface area is 175 Å². The Kier molecular flexibility index (Phi) is 6.28. The van der Waals surface area contributed by atoms with Crippen LogP contribution >= 0.6 is 0 Å². The highest BCUT2D eigenvalue weighted by Gasteiger charge is 2.25. The number of hydrogen-bond donors (Lipinski definition) is 2. The van der Waals surface area contributed by atoms with E-state index in [2.05, 4.69) is 20.6 Å². The van der Waals surface area contributed by atoms with Gasteiger partial charge in [0.15, 0.2) is 11.6 Å². The standard InChI is InChI=1S/C21H29F2N5O2/c1-21(2,3)30-20(29)25-13-8-6-12(7-9-13)24-19-26-17-11-16(23)15(22)10-14(17)18(27-19)28(4)5/h10-13H,6-9H2,1-5H3,(H,25,29)(H,24,26,27). The minimum Gasteiger partial charge on any atom is -0.444 e. The molecule has 0 atom stereocenters. The lowest BCUT2D eigenvalue weighted by atomic mass is 9.91. The Hall–Kier alpha value is -2.71. The molecule has 1 aliphatic carbocycles. The van der Waals surface area contributed by atoms with Crippen molar-refractivity contribution in [2.45, 2.75) is 64.1 Å². The maximum absolute atomic E-state index is 13.7. The van der Waals surface area contributed by atoms with Crippen LogP contribution < -0.4 is 15.5 Å². The number of carbonyl (C=O) groups is 1. The Bertz CT molecular complexity index is 922. The van der Waals surface area contributed by atoms with Gasteiger partial charge in [-0.3, -0.25) is 0 Å². The number of fused-ring (bicyclic) bond motifs is 1. The summed E-state index contributed by atoms with van der Waals surface area (Å²) in [6.45, 7) is 5.50. The summed E-state index contributed by atoms with van der Waals surface area (Å²) < 4.78 is 32.7. The van der Waals surface area contributed by atoms with Crippen molar-refractivity contribution < 1.29 is 18.3 Å². The Morgan fingerprint density at radius 2 is 1.67 bits per heavy atom. The predicted octanol–water partition coefficient (Wildman–Crippen LogP) is 4.22. The first-order valence-corrected chi connectivity index (χ1v) is 10.1.